The SMILES string of the molecule is CC1CCCC(Sc2cc(-c3nn(C)c(C(F)(F)F)cc3=O)c(Cl)cc2Cl)C1. The minimum atomic E-state index is -4.66. The minimum absolute atomic E-state index is 0.129. The Bertz CT molecular complexity index is 946. The average Bonchev–Trinajstić information content (AvgIpc) is 2.58. The van der Waals surface area contributed by atoms with Crippen LogP contribution in [0.1, 0.15) is 38.3 Å². The van der Waals surface area contributed by atoms with Gasteiger partial charge in [0, 0.05) is 28.8 Å². The van der Waals surface area contributed by atoms with E-state index in [2.05, 4.69) is 12.0 Å². The molecule has 0 aliphatic heterocycles. The molecule has 1 heterocycles. The molecule has 0 saturated heterocycles. The molecular weight excluding hydrogens is 432 g/mol. The number of hydrogen-bond donors (Lipinski definition) is 0. The lowest BCUT2D eigenvalue weighted by Gasteiger charge is -2.26. The van der Waals surface area contributed by atoms with Crippen LogP contribution < -0.4 is 5.43 Å². The van der Waals surface area contributed by atoms with E-state index in [0.29, 0.717) is 26.9 Å². The van der Waals surface area contributed by atoms with Gasteiger partial charge in [-0.1, -0.05) is 43.0 Å². The number of benzene rings is 1. The number of halogens is 5. The van der Waals surface area contributed by atoms with Crippen molar-refractivity contribution < 1.29 is 13.2 Å². The van der Waals surface area contributed by atoms with Gasteiger partial charge in [-0.15, -0.1) is 11.8 Å². The van der Waals surface area contributed by atoms with Crippen LogP contribution in [0.25, 0.3) is 11.3 Å². The summed E-state index contributed by atoms with van der Waals surface area (Å²) in [4.78, 5) is 13.1. The molecule has 9 heteroatoms. The Hall–Kier alpha value is -1.18. The number of rotatable bonds is 3. The lowest BCUT2D eigenvalue weighted by Crippen LogP contribution is -2.22. The summed E-state index contributed by atoms with van der Waals surface area (Å²) in [6, 6.07) is 3.72. The topological polar surface area (TPSA) is 34.9 Å². The van der Waals surface area contributed by atoms with Crippen molar-refractivity contribution in [1.82, 2.24) is 9.78 Å². The largest absolute Gasteiger partial charge is 0.433 e. The molecule has 0 spiro atoms. The summed E-state index contributed by atoms with van der Waals surface area (Å²) in [6.45, 7) is 2.22. The van der Waals surface area contributed by atoms with Crippen molar-refractivity contribution in [2.24, 2.45) is 13.0 Å². The number of alkyl halides is 3. The Morgan fingerprint density at radius 1 is 1.18 bits per heavy atom. The van der Waals surface area contributed by atoms with Crippen LogP contribution >= 0.6 is 35.0 Å². The second-order valence-corrected chi connectivity index (χ2v) is 9.29. The van der Waals surface area contributed by atoms with Gasteiger partial charge in [0.2, 0.25) is 5.43 Å². The summed E-state index contributed by atoms with van der Waals surface area (Å²) in [7, 11) is 1.15. The molecule has 1 saturated carbocycles. The number of aryl methyl sites for hydroxylation is 1. The Labute approximate surface area is 175 Å². The summed E-state index contributed by atoms with van der Waals surface area (Å²) in [5, 5.41) is 4.88. The van der Waals surface area contributed by atoms with E-state index in [1.165, 1.54) is 12.5 Å². The molecule has 3 rings (SSSR count). The van der Waals surface area contributed by atoms with Gasteiger partial charge >= 0.3 is 6.18 Å². The average molecular weight is 451 g/mol. The Kier molecular flexibility index (Phi) is 6.37. The second kappa shape index (κ2) is 8.28. The maximum absolute atomic E-state index is 13.0. The molecule has 0 radical (unpaired) electrons. The van der Waals surface area contributed by atoms with Crippen molar-refractivity contribution in [2.45, 2.75) is 48.9 Å². The highest BCUT2D eigenvalue weighted by Gasteiger charge is 2.34. The Morgan fingerprint density at radius 2 is 1.89 bits per heavy atom. The first-order valence-electron chi connectivity index (χ1n) is 8.88. The van der Waals surface area contributed by atoms with Crippen LogP contribution in [0.4, 0.5) is 13.2 Å². The van der Waals surface area contributed by atoms with Crippen molar-refractivity contribution in [3.63, 3.8) is 0 Å². The van der Waals surface area contributed by atoms with Gasteiger partial charge in [-0.05, 0) is 30.9 Å². The summed E-state index contributed by atoms with van der Waals surface area (Å²) >= 11 is 14.2. The molecule has 0 bridgehead atoms. The number of aromatic nitrogens is 2. The van der Waals surface area contributed by atoms with Crippen molar-refractivity contribution in [1.29, 1.82) is 0 Å². The first kappa shape index (κ1) is 21.5. The molecule has 2 aromatic rings. The predicted octanol–water partition coefficient (Wildman–Crippen LogP) is 6.44. The van der Waals surface area contributed by atoms with Gasteiger partial charge in [0.05, 0.1) is 10.0 Å². The maximum Gasteiger partial charge on any atom is 0.433 e. The molecule has 1 fully saturated rings. The zero-order valence-corrected chi connectivity index (χ0v) is 17.6. The third-order valence-electron chi connectivity index (χ3n) is 4.85. The third kappa shape index (κ3) is 4.69. The van der Waals surface area contributed by atoms with Crippen LogP contribution in [0.3, 0.4) is 0 Å². The smallest absolute Gasteiger partial charge is 0.287 e. The van der Waals surface area contributed by atoms with E-state index in [1.54, 1.807) is 17.8 Å². The van der Waals surface area contributed by atoms with Gasteiger partial charge in [-0.3, -0.25) is 9.48 Å². The molecule has 28 heavy (non-hydrogen) atoms. The molecule has 152 valence electrons. The highest BCUT2D eigenvalue weighted by Crippen LogP contribution is 2.42. The third-order valence-corrected chi connectivity index (χ3v) is 6.94. The van der Waals surface area contributed by atoms with Crippen LogP contribution in [0.5, 0.6) is 0 Å². The van der Waals surface area contributed by atoms with Crippen LogP contribution in [-0.2, 0) is 13.2 Å². The van der Waals surface area contributed by atoms with Crippen molar-refractivity contribution in [2.75, 3.05) is 0 Å². The van der Waals surface area contributed by atoms with Crippen LogP contribution in [0, 0.1) is 5.92 Å². The van der Waals surface area contributed by atoms with E-state index < -0.39 is 17.3 Å². The van der Waals surface area contributed by atoms with Crippen LogP contribution in [0.15, 0.2) is 27.9 Å². The lowest BCUT2D eigenvalue weighted by molar-refractivity contribution is -0.144. The van der Waals surface area contributed by atoms with Crippen molar-refractivity contribution in [3.05, 3.63) is 44.2 Å². The van der Waals surface area contributed by atoms with E-state index >= 15 is 0 Å². The van der Waals surface area contributed by atoms with E-state index in [0.717, 1.165) is 31.2 Å². The molecule has 0 N–H and O–H groups in total. The van der Waals surface area contributed by atoms with Crippen molar-refractivity contribution in [3.8, 4) is 11.3 Å². The monoisotopic (exact) mass is 450 g/mol. The van der Waals surface area contributed by atoms with Gasteiger partial charge < -0.3 is 0 Å². The number of nitrogens with zero attached hydrogens (tertiary/aromatic N) is 2. The standard InChI is InChI=1S/C19H19Cl2F3N2OS/c1-10-4-3-5-11(6-10)28-16-7-12(13(20)8-14(16)21)18-15(27)9-17(19(22,23)24)26(2)25-18/h7-11H,3-6H2,1-2H3. The fourth-order valence-corrected chi connectivity index (χ4v) is 5.49. The van der Waals surface area contributed by atoms with Gasteiger partial charge in [0.1, 0.15) is 11.4 Å². The summed E-state index contributed by atoms with van der Waals surface area (Å²) in [5.41, 5.74) is -1.79. The molecule has 2 atom stereocenters. The number of thioether (sulfide) groups is 1. The van der Waals surface area contributed by atoms with Gasteiger partial charge in [-0.2, -0.15) is 18.3 Å². The number of hydrogen-bond acceptors (Lipinski definition) is 3. The minimum Gasteiger partial charge on any atom is -0.287 e. The van der Waals surface area contributed by atoms with E-state index in [9.17, 15) is 18.0 Å². The fraction of sp³-hybridized carbons (Fsp3) is 0.474. The highest BCUT2D eigenvalue weighted by atomic mass is 35.5. The second-order valence-electron chi connectivity index (χ2n) is 7.14. The normalized spacial score (nSPS) is 20.4. The highest BCUT2D eigenvalue weighted by molar-refractivity contribution is 8.00. The molecule has 1 aromatic heterocycles. The molecule has 1 aliphatic rings. The van der Waals surface area contributed by atoms with E-state index in [-0.39, 0.29) is 16.3 Å². The van der Waals surface area contributed by atoms with Crippen LogP contribution in [-0.4, -0.2) is 15.0 Å². The summed E-state index contributed by atoms with van der Waals surface area (Å²) < 4.78 is 39.7. The first-order valence-corrected chi connectivity index (χ1v) is 10.5. The molecule has 1 aromatic carbocycles. The Balaban J connectivity index is 2.01. The van der Waals surface area contributed by atoms with E-state index in [4.69, 9.17) is 23.2 Å². The lowest BCUT2D eigenvalue weighted by atomic mass is 9.91. The summed E-state index contributed by atoms with van der Waals surface area (Å²) in [6.07, 6.45) is -0.162. The summed E-state index contributed by atoms with van der Waals surface area (Å²) in [5.74, 6) is 0.640. The van der Waals surface area contributed by atoms with Gasteiger partial charge in [0.25, 0.3) is 0 Å². The Morgan fingerprint density at radius 3 is 2.54 bits per heavy atom. The molecule has 3 nitrogen and oxygen atoms in total. The molecule has 1 aliphatic carbocycles. The molecule has 0 amide bonds. The first-order chi connectivity index (χ1) is 13.1. The predicted molar refractivity (Wildman–Crippen MR) is 107 cm³/mol. The quantitative estimate of drug-likeness (QED) is 0.539. The van der Waals surface area contributed by atoms with Crippen LogP contribution in [0.2, 0.25) is 10.0 Å². The fourth-order valence-electron chi connectivity index (χ4n) is 3.46. The van der Waals surface area contributed by atoms with E-state index in [1.807, 2.05) is 0 Å². The zero-order chi connectivity index (χ0) is 20.6. The molecular formula is C19H19Cl2F3N2OS. The van der Waals surface area contributed by atoms with Crippen molar-refractivity contribution >= 4 is 35.0 Å². The molecule has 2 unspecified atom stereocenters. The zero-order valence-electron chi connectivity index (χ0n) is 15.3. The maximum atomic E-state index is 13.0. The van der Waals surface area contributed by atoms with Gasteiger partial charge in [0.15, 0.2) is 0 Å². The van der Waals surface area contributed by atoms with Gasteiger partial charge in [-0.25, -0.2) is 0 Å².